The highest BCUT2D eigenvalue weighted by molar-refractivity contribution is 6.31. The Labute approximate surface area is 168 Å². The van der Waals surface area contributed by atoms with Crippen molar-refractivity contribution in [2.24, 2.45) is 0 Å². The number of halogens is 1. The number of carbonyl (C=O) groups excluding carboxylic acids is 2. The molecule has 0 radical (unpaired) electrons. The van der Waals surface area contributed by atoms with Crippen molar-refractivity contribution in [3.8, 4) is 5.75 Å². The second-order valence-electron chi connectivity index (χ2n) is 6.15. The maximum Gasteiger partial charge on any atom is 0.255 e. The van der Waals surface area contributed by atoms with Crippen molar-refractivity contribution in [1.82, 2.24) is 0 Å². The Balaban J connectivity index is 1.76. The van der Waals surface area contributed by atoms with E-state index in [4.69, 9.17) is 16.3 Å². The topological polar surface area (TPSA) is 67.4 Å². The van der Waals surface area contributed by atoms with Gasteiger partial charge in [-0.2, -0.15) is 0 Å². The summed E-state index contributed by atoms with van der Waals surface area (Å²) in [5.41, 5.74) is 2.80. The Morgan fingerprint density at radius 2 is 1.54 bits per heavy atom. The molecule has 3 aromatic rings. The van der Waals surface area contributed by atoms with Gasteiger partial charge >= 0.3 is 0 Å². The molecule has 0 atom stereocenters. The van der Waals surface area contributed by atoms with Gasteiger partial charge < -0.3 is 15.4 Å². The first-order valence-electron chi connectivity index (χ1n) is 8.60. The first-order valence-corrected chi connectivity index (χ1v) is 8.97. The normalized spacial score (nSPS) is 10.2. The number of carbonyl (C=O) groups is 2. The van der Waals surface area contributed by atoms with Gasteiger partial charge in [0.1, 0.15) is 5.75 Å². The van der Waals surface area contributed by atoms with Gasteiger partial charge in [0.15, 0.2) is 0 Å². The third-order valence-corrected chi connectivity index (χ3v) is 4.58. The number of rotatable bonds is 5. The number of anilines is 2. The minimum atomic E-state index is -0.332. The molecule has 3 aromatic carbocycles. The molecule has 0 heterocycles. The smallest absolute Gasteiger partial charge is 0.255 e. The number of benzene rings is 3. The molecule has 0 bridgehead atoms. The average molecular weight is 395 g/mol. The standard InChI is InChI=1S/C22H19ClN2O3/c1-14-12-17(10-11-18(14)23)24-21(26)15-6-5-7-16(13-15)22(27)25-19-8-3-4-9-20(19)28-2/h3-13H,1-2H3,(H,24,26)(H,25,27). The van der Waals surface area contributed by atoms with Crippen LogP contribution in [-0.4, -0.2) is 18.9 Å². The summed E-state index contributed by atoms with van der Waals surface area (Å²) in [7, 11) is 1.54. The molecule has 0 spiro atoms. The van der Waals surface area contributed by atoms with Crippen molar-refractivity contribution in [2.75, 3.05) is 17.7 Å². The summed E-state index contributed by atoms with van der Waals surface area (Å²) in [6.45, 7) is 1.86. The zero-order chi connectivity index (χ0) is 20.1. The van der Waals surface area contributed by atoms with Crippen molar-refractivity contribution in [3.05, 3.63) is 88.4 Å². The van der Waals surface area contributed by atoms with Crippen LogP contribution in [0.1, 0.15) is 26.3 Å². The third kappa shape index (κ3) is 4.50. The predicted molar refractivity (Wildman–Crippen MR) is 112 cm³/mol. The Hall–Kier alpha value is -3.31. The number of para-hydroxylation sites is 2. The molecule has 0 aliphatic rings. The maximum absolute atomic E-state index is 12.6. The van der Waals surface area contributed by atoms with Gasteiger partial charge in [-0.15, -0.1) is 0 Å². The molecule has 28 heavy (non-hydrogen) atoms. The number of ether oxygens (including phenoxy) is 1. The molecule has 0 aromatic heterocycles. The van der Waals surface area contributed by atoms with Crippen LogP contribution in [0.3, 0.4) is 0 Å². The van der Waals surface area contributed by atoms with Crippen LogP contribution >= 0.6 is 11.6 Å². The van der Waals surface area contributed by atoms with Gasteiger partial charge in [-0.25, -0.2) is 0 Å². The van der Waals surface area contributed by atoms with Gasteiger partial charge in [-0.1, -0.05) is 29.8 Å². The molecule has 0 unspecified atom stereocenters. The molecule has 142 valence electrons. The number of hydrogen-bond acceptors (Lipinski definition) is 3. The highest BCUT2D eigenvalue weighted by atomic mass is 35.5. The van der Waals surface area contributed by atoms with Gasteiger partial charge in [-0.05, 0) is 61.0 Å². The minimum absolute atomic E-state index is 0.311. The number of amides is 2. The van der Waals surface area contributed by atoms with Crippen LogP contribution in [0.15, 0.2) is 66.7 Å². The molecule has 2 N–H and O–H groups in total. The molecule has 0 aliphatic carbocycles. The molecule has 0 fully saturated rings. The highest BCUT2D eigenvalue weighted by Gasteiger charge is 2.13. The third-order valence-electron chi connectivity index (χ3n) is 4.16. The largest absolute Gasteiger partial charge is 0.495 e. The van der Waals surface area contributed by atoms with E-state index in [0.717, 1.165) is 5.56 Å². The number of hydrogen-bond donors (Lipinski definition) is 2. The number of methoxy groups -OCH3 is 1. The second-order valence-corrected chi connectivity index (χ2v) is 6.56. The fourth-order valence-electron chi connectivity index (χ4n) is 2.67. The molecule has 0 saturated carbocycles. The lowest BCUT2D eigenvalue weighted by Gasteiger charge is -2.11. The van der Waals surface area contributed by atoms with Gasteiger partial charge in [0, 0.05) is 21.8 Å². The van der Waals surface area contributed by atoms with Crippen LogP contribution in [0.2, 0.25) is 5.02 Å². The summed E-state index contributed by atoms with van der Waals surface area (Å²) in [5.74, 6) is -0.0852. The van der Waals surface area contributed by atoms with Crippen LogP contribution in [0, 0.1) is 6.92 Å². The lowest BCUT2D eigenvalue weighted by Crippen LogP contribution is -2.16. The van der Waals surface area contributed by atoms with Gasteiger partial charge in [0.25, 0.3) is 11.8 Å². The average Bonchev–Trinajstić information content (AvgIpc) is 2.71. The van der Waals surface area contributed by atoms with Crippen molar-refractivity contribution in [2.45, 2.75) is 6.92 Å². The second kappa shape index (κ2) is 8.59. The van der Waals surface area contributed by atoms with Crippen molar-refractivity contribution < 1.29 is 14.3 Å². The Kier molecular flexibility index (Phi) is 5.96. The van der Waals surface area contributed by atoms with Crippen LogP contribution < -0.4 is 15.4 Å². The molecular weight excluding hydrogens is 376 g/mol. The van der Waals surface area contributed by atoms with E-state index in [9.17, 15) is 9.59 Å². The van der Waals surface area contributed by atoms with Crippen LogP contribution in [-0.2, 0) is 0 Å². The van der Waals surface area contributed by atoms with Crippen LogP contribution in [0.25, 0.3) is 0 Å². The van der Waals surface area contributed by atoms with Crippen molar-refractivity contribution in [1.29, 1.82) is 0 Å². The van der Waals surface area contributed by atoms with E-state index in [2.05, 4.69) is 10.6 Å². The molecule has 0 aliphatic heterocycles. The first-order chi connectivity index (χ1) is 13.5. The summed E-state index contributed by atoms with van der Waals surface area (Å²) in [4.78, 5) is 25.1. The Bertz CT molecular complexity index is 1030. The first kappa shape index (κ1) is 19.5. The van der Waals surface area contributed by atoms with E-state index in [1.165, 1.54) is 7.11 Å². The van der Waals surface area contributed by atoms with E-state index >= 15 is 0 Å². The van der Waals surface area contributed by atoms with Crippen molar-refractivity contribution >= 4 is 34.8 Å². The number of nitrogens with one attached hydrogen (secondary N) is 2. The van der Waals surface area contributed by atoms with E-state index in [-0.39, 0.29) is 11.8 Å². The predicted octanol–water partition coefficient (Wildman–Crippen LogP) is 5.16. The Morgan fingerprint density at radius 3 is 2.21 bits per heavy atom. The highest BCUT2D eigenvalue weighted by Crippen LogP contribution is 2.24. The van der Waals surface area contributed by atoms with E-state index in [1.54, 1.807) is 60.7 Å². The van der Waals surface area contributed by atoms with Crippen LogP contribution in [0.4, 0.5) is 11.4 Å². The molecular formula is C22H19ClN2O3. The quantitative estimate of drug-likeness (QED) is 0.628. The van der Waals surface area contributed by atoms with Gasteiger partial charge in [0.2, 0.25) is 0 Å². The Morgan fingerprint density at radius 1 is 0.857 bits per heavy atom. The monoisotopic (exact) mass is 394 g/mol. The van der Waals surface area contributed by atoms with E-state index in [1.807, 2.05) is 13.0 Å². The SMILES string of the molecule is COc1ccccc1NC(=O)c1cccc(C(=O)Nc2ccc(Cl)c(C)c2)c1. The van der Waals surface area contributed by atoms with Gasteiger partial charge in [-0.3, -0.25) is 9.59 Å². The molecule has 3 rings (SSSR count). The zero-order valence-corrected chi connectivity index (χ0v) is 16.2. The molecule has 6 heteroatoms. The van der Waals surface area contributed by atoms with Crippen molar-refractivity contribution in [3.63, 3.8) is 0 Å². The van der Waals surface area contributed by atoms with E-state index in [0.29, 0.717) is 33.3 Å². The maximum atomic E-state index is 12.6. The summed E-state index contributed by atoms with van der Waals surface area (Å²) in [5, 5.41) is 6.24. The fourth-order valence-corrected chi connectivity index (χ4v) is 2.79. The number of aryl methyl sites for hydroxylation is 1. The molecule has 2 amide bonds. The summed E-state index contributed by atoms with van der Waals surface area (Å²) in [6.07, 6.45) is 0. The van der Waals surface area contributed by atoms with E-state index < -0.39 is 0 Å². The molecule has 5 nitrogen and oxygen atoms in total. The summed E-state index contributed by atoms with van der Waals surface area (Å²) < 4.78 is 5.24. The fraction of sp³-hybridized carbons (Fsp3) is 0.0909. The summed E-state index contributed by atoms with van der Waals surface area (Å²) >= 11 is 6.01. The van der Waals surface area contributed by atoms with Gasteiger partial charge in [0.05, 0.1) is 12.8 Å². The zero-order valence-electron chi connectivity index (χ0n) is 15.5. The summed E-state index contributed by atoms with van der Waals surface area (Å²) in [6, 6.07) is 18.9. The lowest BCUT2D eigenvalue weighted by molar-refractivity contribution is 0.102. The minimum Gasteiger partial charge on any atom is -0.495 e. The lowest BCUT2D eigenvalue weighted by atomic mass is 10.1. The molecule has 0 saturated heterocycles. The van der Waals surface area contributed by atoms with Crippen LogP contribution in [0.5, 0.6) is 5.75 Å².